The molecular formula is C13H17ClN4O2. The topological polar surface area (TPSA) is 89.5 Å². The van der Waals surface area contributed by atoms with Gasteiger partial charge in [0, 0.05) is 24.5 Å². The first-order valence-corrected chi connectivity index (χ1v) is 5.92. The molecule has 0 aliphatic heterocycles. The highest BCUT2D eigenvalue weighted by Gasteiger charge is 2.16. The van der Waals surface area contributed by atoms with Gasteiger partial charge in [-0.05, 0) is 26.0 Å². The summed E-state index contributed by atoms with van der Waals surface area (Å²) in [6.07, 6.45) is 2.87. The normalized spacial score (nSPS) is 10.9. The highest BCUT2D eigenvalue weighted by molar-refractivity contribution is 5.93. The molecule has 0 aliphatic carbocycles. The van der Waals surface area contributed by atoms with Gasteiger partial charge in [-0.15, -0.1) is 12.4 Å². The van der Waals surface area contributed by atoms with E-state index in [4.69, 9.17) is 5.73 Å². The summed E-state index contributed by atoms with van der Waals surface area (Å²) in [6.45, 7) is 3.86. The fourth-order valence-corrected chi connectivity index (χ4v) is 1.59. The lowest BCUT2D eigenvalue weighted by molar-refractivity contribution is 0.0944. The van der Waals surface area contributed by atoms with Gasteiger partial charge in [0.2, 0.25) is 0 Å². The molecule has 2 heterocycles. The molecule has 0 spiro atoms. The number of carbonyl (C=O) groups is 1. The molecule has 0 saturated carbocycles. The van der Waals surface area contributed by atoms with E-state index >= 15 is 0 Å². The molecule has 0 radical (unpaired) electrons. The van der Waals surface area contributed by atoms with Crippen molar-refractivity contribution in [3.05, 3.63) is 46.5 Å². The number of hydrogen-bond acceptors (Lipinski definition) is 4. The summed E-state index contributed by atoms with van der Waals surface area (Å²) in [6, 6.07) is 5.19. The van der Waals surface area contributed by atoms with Crippen molar-refractivity contribution in [1.82, 2.24) is 14.7 Å². The zero-order valence-corrected chi connectivity index (χ0v) is 12.1. The summed E-state index contributed by atoms with van der Waals surface area (Å²) in [5.74, 6) is -0.464. The zero-order valence-electron chi connectivity index (χ0n) is 11.3. The Balaban J connectivity index is 0.00000200. The minimum atomic E-state index is -0.532. The molecule has 2 aromatic rings. The molecule has 0 atom stereocenters. The van der Waals surface area contributed by atoms with Gasteiger partial charge in [-0.2, -0.15) is 0 Å². The van der Waals surface area contributed by atoms with Gasteiger partial charge < -0.3 is 11.1 Å². The fraction of sp³-hybridized carbons (Fsp3) is 0.308. The molecule has 108 valence electrons. The van der Waals surface area contributed by atoms with Crippen LogP contribution in [0.2, 0.25) is 0 Å². The molecular weight excluding hydrogens is 280 g/mol. The lowest BCUT2D eigenvalue weighted by atomic mass is 10.1. The van der Waals surface area contributed by atoms with Crippen LogP contribution in [-0.4, -0.2) is 27.4 Å². The number of nitrogens with one attached hydrogen (secondary N) is 1. The van der Waals surface area contributed by atoms with Crippen LogP contribution in [0.3, 0.4) is 0 Å². The molecule has 3 N–H and O–H groups in total. The summed E-state index contributed by atoms with van der Waals surface area (Å²) in [7, 11) is 0. The van der Waals surface area contributed by atoms with Crippen LogP contribution >= 0.6 is 12.4 Å². The van der Waals surface area contributed by atoms with Gasteiger partial charge in [-0.1, -0.05) is 6.07 Å². The van der Waals surface area contributed by atoms with E-state index in [0.29, 0.717) is 5.65 Å². The standard InChI is InChI=1S/C13H16N4O2.ClH/c1-13(2,14)8-16-11(18)9-7-15-10-5-3-4-6-17(10)12(9)19;/h3-7H,8,14H2,1-2H3,(H,16,18);1H. The number of carbonyl (C=O) groups excluding carboxylic acids is 1. The summed E-state index contributed by atoms with van der Waals surface area (Å²) >= 11 is 0. The Morgan fingerprint density at radius 2 is 2.15 bits per heavy atom. The van der Waals surface area contributed by atoms with E-state index in [1.807, 2.05) is 0 Å². The molecule has 1 amide bonds. The Hall–Kier alpha value is -1.92. The van der Waals surface area contributed by atoms with Crippen LogP contribution in [0.25, 0.3) is 5.65 Å². The summed E-state index contributed by atoms with van der Waals surface area (Å²) in [5.41, 5.74) is 5.36. The number of aromatic nitrogens is 2. The van der Waals surface area contributed by atoms with Gasteiger partial charge in [0.1, 0.15) is 11.2 Å². The quantitative estimate of drug-likeness (QED) is 0.867. The van der Waals surface area contributed by atoms with Crippen LogP contribution in [0.5, 0.6) is 0 Å². The third-order valence-corrected chi connectivity index (χ3v) is 2.56. The van der Waals surface area contributed by atoms with Crippen molar-refractivity contribution in [1.29, 1.82) is 0 Å². The predicted octanol–water partition coefficient (Wildman–Crippen LogP) is 0.583. The lowest BCUT2D eigenvalue weighted by Gasteiger charge is -2.18. The van der Waals surface area contributed by atoms with E-state index < -0.39 is 17.0 Å². The first-order chi connectivity index (χ1) is 8.88. The van der Waals surface area contributed by atoms with E-state index in [1.54, 1.807) is 38.2 Å². The van der Waals surface area contributed by atoms with Crippen molar-refractivity contribution in [3.8, 4) is 0 Å². The molecule has 0 fully saturated rings. The molecule has 0 unspecified atom stereocenters. The molecule has 7 heteroatoms. The van der Waals surface area contributed by atoms with Crippen LogP contribution in [-0.2, 0) is 0 Å². The molecule has 0 saturated heterocycles. The van der Waals surface area contributed by atoms with E-state index in [-0.39, 0.29) is 24.5 Å². The zero-order chi connectivity index (χ0) is 14.0. The minimum Gasteiger partial charge on any atom is -0.350 e. The second-order valence-corrected chi connectivity index (χ2v) is 5.08. The molecule has 0 bridgehead atoms. The number of fused-ring (bicyclic) bond motifs is 1. The number of nitrogens with two attached hydrogens (primary N) is 1. The van der Waals surface area contributed by atoms with Crippen molar-refractivity contribution in [2.24, 2.45) is 5.73 Å². The Morgan fingerprint density at radius 3 is 2.80 bits per heavy atom. The van der Waals surface area contributed by atoms with Crippen LogP contribution < -0.4 is 16.6 Å². The smallest absolute Gasteiger partial charge is 0.270 e. The monoisotopic (exact) mass is 296 g/mol. The molecule has 6 nitrogen and oxygen atoms in total. The Bertz CT molecular complexity index is 676. The second-order valence-electron chi connectivity index (χ2n) is 5.08. The molecule has 2 rings (SSSR count). The predicted molar refractivity (Wildman–Crippen MR) is 79.3 cm³/mol. The van der Waals surface area contributed by atoms with Crippen molar-refractivity contribution in [3.63, 3.8) is 0 Å². The summed E-state index contributed by atoms with van der Waals surface area (Å²) < 4.78 is 1.34. The maximum atomic E-state index is 12.1. The summed E-state index contributed by atoms with van der Waals surface area (Å²) in [4.78, 5) is 28.1. The number of nitrogens with zero attached hydrogens (tertiary/aromatic N) is 2. The van der Waals surface area contributed by atoms with Crippen molar-refractivity contribution in [2.75, 3.05) is 6.54 Å². The fourth-order valence-electron chi connectivity index (χ4n) is 1.59. The van der Waals surface area contributed by atoms with Gasteiger partial charge in [-0.3, -0.25) is 14.0 Å². The number of rotatable bonds is 3. The minimum absolute atomic E-state index is 0. The molecule has 2 aromatic heterocycles. The van der Waals surface area contributed by atoms with Crippen molar-refractivity contribution in [2.45, 2.75) is 19.4 Å². The number of pyridine rings is 1. The van der Waals surface area contributed by atoms with Gasteiger partial charge in [0.15, 0.2) is 0 Å². The van der Waals surface area contributed by atoms with Crippen LogP contribution in [0.15, 0.2) is 35.4 Å². The van der Waals surface area contributed by atoms with Crippen LogP contribution in [0.4, 0.5) is 0 Å². The Labute approximate surface area is 122 Å². The maximum absolute atomic E-state index is 12.1. The van der Waals surface area contributed by atoms with Crippen molar-refractivity contribution < 1.29 is 4.79 Å². The molecule has 0 aliphatic rings. The number of hydrogen-bond donors (Lipinski definition) is 2. The van der Waals surface area contributed by atoms with E-state index in [2.05, 4.69) is 10.3 Å². The third kappa shape index (κ3) is 3.55. The van der Waals surface area contributed by atoms with Gasteiger partial charge in [0.25, 0.3) is 11.5 Å². The molecule has 0 aromatic carbocycles. The summed E-state index contributed by atoms with van der Waals surface area (Å²) in [5, 5.41) is 2.63. The largest absolute Gasteiger partial charge is 0.350 e. The van der Waals surface area contributed by atoms with E-state index in [0.717, 1.165) is 0 Å². The Morgan fingerprint density at radius 1 is 1.45 bits per heavy atom. The van der Waals surface area contributed by atoms with Crippen LogP contribution in [0, 0.1) is 0 Å². The Kier molecular flexibility index (Phi) is 4.86. The average Bonchev–Trinajstić information content (AvgIpc) is 2.36. The maximum Gasteiger partial charge on any atom is 0.270 e. The highest BCUT2D eigenvalue weighted by atomic mass is 35.5. The second kappa shape index (κ2) is 6.02. The third-order valence-electron chi connectivity index (χ3n) is 2.56. The number of halogens is 1. The van der Waals surface area contributed by atoms with E-state index in [9.17, 15) is 9.59 Å². The van der Waals surface area contributed by atoms with Gasteiger partial charge >= 0.3 is 0 Å². The van der Waals surface area contributed by atoms with Gasteiger partial charge in [-0.25, -0.2) is 4.98 Å². The average molecular weight is 297 g/mol. The SMILES string of the molecule is CC(C)(N)CNC(=O)c1cnc2ccccn2c1=O.Cl. The molecule has 20 heavy (non-hydrogen) atoms. The first kappa shape index (κ1) is 16.1. The first-order valence-electron chi connectivity index (χ1n) is 5.92. The highest BCUT2D eigenvalue weighted by Crippen LogP contribution is 1.99. The van der Waals surface area contributed by atoms with Crippen molar-refractivity contribution >= 4 is 24.0 Å². The lowest BCUT2D eigenvalue weighted by Crippen LogP contribution is -2.46. The van der Waals surface area contributed by atoms with Gasteiger partial charge in [0.05, 0.1) is 0 Å². The van der Waals surface area contributed by atoms with Crippen LogP contribution in [0.1, 0.15) is 24.2 Å². The number of amides is 1. The van der Waals surface area contributed by atoms with E-state index in [1.165, 1.54) is 10.6 Å².